The van der Waals surface area contributed by atoms with Crippen molar-refractivity contribution in [2.24, 2.45) is 0 Å². The van der Waals surface area contributed by atoms with Gasteiger partial charge in [0.05, 0.1) is 7.11 Å². The van der Waals surface area contributed by atoms with Gasteiger partial charge < -0.3 is 15.4 Å². The molecule has 28 heavy (non-hydrogen) atoms. The number of ether oxygens (including phenoxy) is 1. The van der Waals surface area contributed by atoms with Crippen molar-refractivity contribution in [2.45, 2.75) is 64.8 Å². The normalized spacial score (nSPS) is 16.0. The molecule has 1 aliphatic carbocycles. The van der Waals surface area contributed by atoms with Crippen LogP contribution in [0, 0.1) is 0 Å². The molecular weight excluding hydrogens is 348 g/mol. The number of hydrogen-bond donors (Lipinski definition) is 2. The smallest absolute Gasteiger partial charge is 0.319 e. The summed E-state index contributed by atoms with van der Waals surface area (Å²) in [6.07, 6.45) is 2.68. The van der Waals surface area contributed by atoms with Crippen molar-refractivity contribution in [2.75, 3.05) is 12.4 Å². The molecule has 0 bridgehead atoms. The highest BCUT2D eigenvalue weighted by Crippen LogP contribution is 2.33. The third kappa shape index (κ3) is 4.32. The van der Waals surface area contributed by atoms with Gasteiger partial charge in [-0.1, -0.05) is 58.0 Å². The Hall–Kier alpha value is -2.49. The minimum absolute atomic E-state index is 0.119. The number of carbonyl (C=O) groups is 1. The molecular formula is C24H32N2O2. The average molecular weight is 381 g/mol. The summed E-state index contributed by atoms with van der Waals surface area (Å²) in [5.74, 6) is 1.65. The van der Waals surface area contributed by atoms with Crippen LogP contribution in [-0.4, -0.2) is 19.2 Å². The van der Waals surface area contributed by atoms with Gasteiger partial charge in [-0.2, -0.15) is 0 Å². The average Bonchev–Trinajstić information content (AvgIpc) is 2.66. The standard InChI is InChI=1S/C24H32N2O2/c1-15(2)19-9-7-10-20(16(3)4)23(19)26-24(27)25-18-12-13-21-17(14-18)8-6-11-22(21)28-5/h6-11,15-16,18H,12-14H2,1-5H3,(H2,25,26,27). The molecule has 1 aliphatic rings. The number of methoxy groups -OCH3 is 1. The van der Waals surface area contributed by atoms with Crippen LogP contribution >= 0.6 is 0 Å². The van der Waals surface area contributed by atoms with Crippen molar-refractivity contribution in [3.8, 4) is 5.75 Å². The fraction of sp³-hybridized carbons (Fsp3) is 0.458. The van der Waals surface area contributed by atoms with Gasteiger partial charge in [-0.25, -0.2) is 4.79 Å². The zero-order valence-corrected chi connectivity index (χ0v) is 17.6. The third-order valence-corrected chi connectivity index (χ3v) is 5.61. The number of rotatable bonds is 5. The lowest BCUT2D eigenvalue weighted by Crippen LogP contribution is -2.41. The Kier molecular flexibility index (Phi) is 6.28. The zero-order valence-electron chi connectivity index (χ0n) is 17.6. The molecule has 0 fully saturated rings. The molecule has 3 rings (SSSR count). The molecule has 2 amide bonds. The number of nitrogens with one attached hydrogen (secondary N) is 2. The molecule has 0 saturated heterocycles. The molecule has 150 valence electrons. The van der Waals surface area contributed by atoms with Crippen LogP contribution in [0.3, 0.4) is 0 Å². The van der Waals surface area contributed by atoms with E-state index in [-0.39, 0.29) is 12.1 Å². The molecule has 0 aliphatic heterocycles. The van der Waals surface area contributed by atoms with Crippen LogP contribution in [0.1, 0.15) is 68.2 Å². The largest absolute Gasteiger partial charge is 0.496 e. The number of amides is 2. The number of carbonyl (C=O) groups excluding carboxylic acids is 1. The minimum Gasteiger partial charge on any atom is -0.496 e. The third-order valence-electron chi connectivity index (χ3n) is 5.61. The molecule has 2 aromatic rings. The van der Waals surface area contributed by atoms with Crippen LogP contribution in [0.15, 0.2) is 36.4 Å². The van der Waals surface area contributed by atoms with Crippen LogP contribution in [-0.2, 0) is 12.8 Å². The second-order valence-electron chi connectivity index (χ2n) is 8.26. The summed E-state index contributed by atoms with van der Waals surface area (Å²) in [4.78, 5) is 12.8. The van der Waals surface area contributed by atoms with Crippen LogP contribution in [0.4, 0.5) is 10.5 Å². The molecule has 0 saturated carbocycles. The van der Waals surface area contributed by atoms with E-state index in [1.165, 1.54) is 22.3 Å². The van der Waals surface area contributed by atoms with Crippen LogP contribution in [0.5, 0.6) is 5.75 Å². The second kappa shape index (κ2) is 8.68. The Morgan fingerprint density at radius 3 is 2.29 bits per heavy atom. The second-order valence-corrected chi connectivity index (χ2v) is 8.26. The summed E-state index contributed by atoms with van der Waals surface area (Å²) in [5, 5.41) is 6.35. The van der Waals surface area contributed by atoms with Crippen LogP contribution < -0.4 is 15.4 Å². The van der Waals surface area contributed by atoms with Crippen LogP contribution in [0.25, 0.3) is 0 Å². The van der Waals surface area contributed by atoms with E-state index < -0.39 is 0 Å². The minimum atomic E-state index is -0.119. The Morgan fingerprint density at radius 1 is 1.04 bits per heavy atom. The van der Waals surface area contributed by atoms with Gasteiger partial charge in [-0.05, 0) is 59.4 Å². The fourth-order valence-electron chi connectivity index (χ4n) is 4.12. The van der Waals surface area contributed by atoms with E-state index >= 15 is 0 Å². The summed E-state index contributed by atoms with van der Waals surface area (Å²) < 4.78 is 5.48. The molecule has 2 aromatic carbocycles. The lowest BCUT2D eigenvalue weighted by molar-refractivity contribution is 0.247. The summed E-state index contributed by atoms with van der Waals surface area (Å²) in [6.45, 7) is 8.64. The van der Waals surface area contributed by atoms with E-state index in [0.717, 1.165) is 30.7 Å². The number of para-hydroxylation sites is 1. The quantitative estimate of drug-likeness (QED) is 0.707. The van der Waals surface area contributed by atoms with E-state index in [9.17, 15) is 4.79 Å². The van der Waals surface area contributed by atoms with Gasteiger partial charge in [0.2, 0.25) is 0 Å². The van der Waals surface area contributed by atoms with Crippen molar-refractivity contribution in [3.63, 3.8) is 0 Å². The van der Waals surface area contributed by atoms with Crippen molar-refractivity contribution < 1.29 is 9.53 Å². The van der Waals surface area contributed by atoms with Crippen molar-refractivity contribution in [1.82, 2.24) is 5.32 Å². The summed E-state index contributed by atoms with van der Waals surface area (Å²) in [7, 11) is 1.71. The van der Waals surface area contributed by atoms with Gasteiger partial charge in [0.15, 0.2) is 0 Å². The Morgan fingerprint density at radius 2 is 1.68 bits per heavy atom. The summed E-state index contributed by atoms with van der Waals surface area (Å²) in [5.41, 5.74) is 5.86. The number of anilines is 1. The monoisotopic (exact) mass is 380 g/mol. The molecule has 4 nitrogen and oxygen atoms in total. The maximum absolute atomic E-state index is 12.8. The number of fused-ring (bicyclic) bond motifs is 1. The summed E-state index contributed by atoms with van der Waals surface area (Å²) >= 11 is 0. The molecule has 0 aromatic heterocycles. The van der Waals surface area contributed by atoms with Gasteiger partial charge in [0.1, 0.15) is 5.75 Å². The predicted octanol–water partition coefficient (Wildman–Crippen LogP) is 5.62. The first-order valence-electron chi connectivity index (χ1n) is 10.3. The van der Waals surface area contributed by atoms with E-state index in [2.05, 4.69) is 62.6 Å². The Labute approximate surface area is 168 Å². The topological polar surface area (TPSA) is 50.4 Å². The first-order chi connectivity index (χ1) is 13.4. The molecule has 0 radical (unpaired) electrons. The highest BCUT2D eigenvalue weighted by Gasteiger charge is 2.23. The lowest BCUT2D eigenvalue weighted by atomic mass is 9.87. The fourth-order valence-corrected chi connectivity index (χ4v) is 4.12. The predicted molar refractivity (Wildman–Crippen MR) is 116 cm³/mol. The number of hydrogen-bond acceptors (Lipinski definition) is 2. The highest BCUT2D eigenvalue weighted by atomic mass is 16.5. The number of urea groups is 1. The zero-order chi connectivity index (χ0) is 20.3. The molecule has 2 N–H and O–H groups in total. The molecule has 4 heteroatoms. The maximum atomic E-state index is 12.8. The molecule has 1 atom stereocenters. The van der Waals surface area contributed by atoms with E-state index in [4.69, 9.17) is 4.74 Å². The maximum Gasteiger partial charge on any atom is 0.319 e. The van der Waals surface area contributed by atoms with Gasteiger partial charge in [0, 0.05) is 11.7 Å². The first kappa shape index (κ1) is 20.2. The number of benzene rings is 2. The summed E-state index contributed by atoms with van der Waals surface area (Å²) in [6, 6.07) is 12.5. The van der Waals surface area contributed by atoms with Gasteiger partial charge >= 0.3 is 6.03 Å². The van der Waals surface area contributed by atoms with Crippen molar-refractivity contribution >= 4 is 11.7 Å². The molecule has 0 spiro atoms. The van der Waals surface area contributed by atoms with Crippen molar-refractivity contribution in [3.05, 3.63) is 58.7 Å². The van der Waals surface area contributed by atoms with Gasteiger partial charge in [-0.3, -0.25) is 0 Å². The lowest BCUT2D eigenvalue weighted by Gasteiger charge is -2.27. The van der Waals surface area contributed by atoms with Crippen molar-refractivity contribution in [1.29, 1.82) is 0 Å². The van der Waals surface area contributed by atoms with Gasteiger partial charge in [0.25, 0.3) is 0 Å². The van der Waals surface area contributed by atoms with E-state index in [1.54, 1.807) is 7.11 Å². The Bertz CT molecular complexity index is 816. The molecule has 1 unspecified atom stereocenters. The highest BCUT2D eigenvalue weighted by molar-refractivity contribution is 5.91. The SMILES string of the molecule is COc1cccc2c1CCC(NC(=O)Nc1c(C(C)C)cccc1C(C)C)C2. The Balaban J connectivity index is 1.73. The molecule has 0 heterocycles. The van der Waals surface area contributed by atoms with E-state index in [1.807, 2.05) is 12.1 Å². The van der Waals surface area contributed by atoms with E-state index in [0.29, 0.717) is 11.8 Å². The first-order valence-corrected chi connectivity index (χ1v) is 10.3. The van der Waals surface area contributed by atoms with Gasteiger partial charge in [-0.15, -0.1) is 0 Å². The van der Waals surface area contributed by atoms with Crippen LogP contribution in [0.2, 0.25) is 0 Å².